The Morgan fingerprint density at radius 1 is 1.29 bits per heavy atom. The van der Waals surface area contributed by atoms with Gasteiger partial charge in [0.25, 0.3) is 0 Å². The molecule has 0 aliphatic carbocycles. The van der Waals surface area contributed by atoms with Gasteiger partial charge in [0, 0.05) is 19.6 Å². The Kier molecular flexibility index (Phi) is 4.00. The van der Waals surface area contributed by atoms with E-state index in [0.717, 1.165) is 38.9 Å². The SMILES string of the molecule is CC1(O)CCCN(CC(=O)N2CCc3ccccc3C2)C1. The van der Waals surface area contributed by atoms with Gasteiger partial charge in [-0.1, -0.05) is 24.3 Å². The molecule has 0 spiro atoms. The Hall–Kier alpha value is -1.39. The van der Waals surface area contributed by atoms with Crippen LogP contribution in [0.1, 0.15) is 30.9 Å². The van der Waals surface area contributed by atoms with Crippen LogP contribution in [-0.2, 0) is 17.8 Å². The van der Waals surface area contributed by atoms with E-state index in [2.05, 4.69) is 23.1 Å². The fourth-order valence-electron chi connectivity index (χ4n) is 3.46. The van der Waals surface area contributed by atoms with E-state index in [1.54, 1.807) is 0 Å². The maximum atomic E-state index is 12.5. The molecule has 1 unspecified atom stereocenters. The van der Waals surface area contributed by atoms with Gasteiger partial charge in [0.05, 0.1) is 12.1 Å². The van der Waals surface area contributed by atoms with Gasteiger partial charge in [0.1, 0.15) is 0 Å². The molecule has 0 saturated carbocycles. The van der Waals surface area contributed by atoms with Crippen LogP contribution in [0.5, 0.6) is 0 Å². The topological polar surface area (TPSA) is 43.8 Å². The van der Waals surface area contributed by atoms with E-state index in [1.807, 2.05) is 17.9 Å². The molecule has 1 aromatic rings. The lowest BCUT2D eigenvalue weighted by atomic mass is 9.95. The summed E-state index contributed by atoms with van der Waals surface area (Å²) in [7, 11) is 0. The number of aliphatic hydroxyl groups is 1. The van der Waals surface area contributed by atoms with Crippen LogP contribution in [0, 0.1) is 0 Å². The normalized spacial score (nSPS) is 26.5. The van der Waals surface area contributed by atoms with Crippen LogP contribution in [0.25, 0.3) is 0 Å². The minimum Gasteiger partial charge on any atom is -0.389 e. The summed E-state index contributed by atoms with van der Waals surface area (Å²) in [5, 5.41) is 10.1. The largest absolute Gasteiger partial charge is 0.389 e. The van der Waals surface area contributed by atoms with Crippen LogP contribution in [0.2, 0.25) is 0 Å². The van der Waals surface area contributed by atoms with E-state index in [1.165, 1.54) is 11.1 Å². The van der Waals surface area contributed by atoms with E-state index in [-0.39, 0.29) is 5.91 Å². The number of hydrogen-bond acceptors (Lipinski definition) is 3. The number of benzene rings is 1. The molecule has 3 rings (SSSR count). The molecule has 0 aromatic heterocycles. The molecule has 21 heavy (non-hydrogen) atoms. The number of rotatable bonds is 2. The number of nitrogens with zero attached hydrogens (tertiary/aromatic N) is 2. The molecular formula is C17H24N2O2. The molecule has 114 valence electrons. The number of amides is 1. The van der Waals surface area contributed by atoms with Crippen molar-refractivity contribution in [2.24, 2.45) is 0 Å². The highest BCUT2D eigenvalue weighted by Gasteiger charge is 2.30. The monoisotopic (exact) mass is 288 g/mol. The van der Waals surface area contributed by atoms with E-state index >= 15 is 0 Å². The van der Waals surface area contributed by atoms with Crippen molar-refractivity contribution in [1.82, 2.24) is 9.80 Å². The van der Waals surface area contributed by atoms with E-state index < -0.39 is 5.60 Å². The van der Waals surface area contributed by atoms with Crippen molar-refractivity contribution < 1.29 is 9.90 Å². The summed E-state index contributed by atoms with van der Waals surface area (Å²) in [5.41, 5.74) is 1.98. The highest BCUT2D eigenvalue weighted by atomic mass is 16.3. The van der Waals surface area contributed by atoms with Crippen molar-refractivity contribution in [3.05, 3.63) is 35.4 Å². The number of hydrogen-bond donors (Lipinski definition) is 1. The number of piperidine rings is 1. The molecule has 1 aromatic carbocycles. The zero-order chi connectivity index (χ0) is 14.9. The molecule has 4 nitrogen and oxygen atoms in total. The molecule has 1 amide bonds. The Bertz CT molecular complexity index is 527. The Morgan fingerprint density at radius 2 is 2.05 bits per heavy atom. The Morgan fingerprint density at radius 3 is 2.81 bits per heavy atom. The maximum absolute atomic E-state index is 12.5. The summed E-state index contributed by atoms with van der Waals surface area (Å²) >= 11 is 0. The first-order valence-electron chi connectivity index (χ1n) is 7.83. The van der Waals surface area contributed by atoms with Crippen molar-refractivity contribution >= 4 is 5.91 Å². The first-order valence-corrected chi connectivity index (χ1v) is 7.83. The first kappa shape index (κ1) is 14.5. The third kappa shape index (κ3) is 3.44. The molecule has 2 aliphatic heterocycles. The molecule has 4 heteroatoms. The molecule has 0 bridgehead atoms. The van der Waals surface area contributed by atoms with Gasteiger partial charge in [-0.2, -0.15) is 0 Å². The molecule has 1 atom stereocenters. The maximum Gasteiger partial charge on any atom is 0.237 e. The highest BCUT2D eigenvalue weighted by molar-refractivity contribution is 5.78. The van der Waals surface area contributed by atoms with Crippen molar-refractivity contribution in [3.63, 3.8) is 0 Å². The van der Waals surface area contributed by atoms with Crippen molar-refractivity contribution in [3.8, 4) is 0 Å². The lowest BCUT2D eigenvalue weighted by molar-refractivity contribution is -0.134. The second kappa shape index (κ2) is 5.78. The quantitative estimate of drug-likeness (QED) is 0.895. The predicted molar refractivity (Wildman–Crippen MR) is 81.9 cm³/mol. The zero-order valence-electron chi connectivity index (χ0n) is 12.7. The van der Waals surface area contributed by atoms with Gasteiger partial charge in [-0.05, 0) is 43.9 Å². The van der Waals surface area contributed by atoms with Crippen LogP contribution in [0.4, 0.5) is 0 Å². The van der Waals surface area contributed by atoms with Crippen LogP contribution in [0.15, 0.2) is 24.3 Å². The summed E-state index contributed by atoms with van der Waals surface area (Å²) in [6.45, 7) is 5.33. The van der Waals surface area contributed by atoms with Gasteiger partial charge in [0.2, 0.25) is 5.91 Å². The van der Waals surface area contributed by atoms with Crippen molar-refractivity contribution in [2.75, 3.05) is 26.2 Å². The first-order chi connectivity index (χ1) is 10.0. The number of carbonyl (C=O) groups excluding carboxylic acids is 1. The standard InChI is InChI=1S/C17H24N2O2/c1-17(21)8-4-9-18(13-17)12-16(20)19-10-7-14-5-2-3-6-15(14)11-19/h2-3,5-6,21H,4,7-13H2,1H3. The van der Waals surface area contributed by atoms with Gasteiger partial charge in [0.15, 0.2) is 0 Å². The second-order valence-corrected chi connectivity index (χ2v) is 6.65. The van der Waals surface area contributed by atoms with Crippen LogP contribution < -0.4 is 0 Å². The average Bonchev–Trinajstić information content (AvgIpc) is 2.45. The number of likely N-dealkylation sites (tertiary alicyclic amines) is 1. The van der Waals surface area contributed by atoms with Gasteiger partial charge in [-0.25, -0.2) is 0 Å². The van der Waals surface area contributed by atoms with E-state index in [9.17, 15) is 9.90 Å². The molecule has 1 saturated heterocycles. The van der Waals surface area contributed by atoms with Gasteiger partial charge >= 0.3 is 0 Å². The van der Waals surface area contributed by atoms with Crippen LogP contribution >= 0.6 is 0 Å². The third-order valence-electron chi connectivity index (χ3n) is 4.60. The Labute approximate surface area is 126 Å². The summed E-state index contributed by atoms with van der Waals surface area (Å²) in [6.07, 6.45) is 2.73. The number of fused-ring (bicyclic) bond motifs is 1. The minimum absolute atomic E-state index is 0.183. The lowest BCUT2D eigenvalue weighted by Crippen LogP contribution is -2.50. The molecule has 2 heterocycles. The molecule has 2 aliphatic rings. The third-order valence-corrected chi connectivity index (χ3v) is 4.60. The molecule has 1 N–H and O–H groups in total. The van der Waals surface area contributed by atoms with E-state index in [0.29, 0.717) is 13.1 Å². The minimum atomic E-state index is -0.646. The molecular weight excluding hydrogens is 264 g/mol. The van der Waals surface area contributed by atoms with Crippen LogP contribution in [-0.4, -0.2) is 52.6 Å². The average molecular weight is 288 g/mol. The molecule has 0 radical (unpaired) electrons. The Balaban J connectivity index is 1.59. The van der Waals surface area contributed by atoms with Crippen molar-refractivity contribution in [1.29, 1.82) is 0 Å². The second-order valence-electron chi connectivity index (χ2n) is 6.65. The fraction of sp³-hybridized carbons (Fsp3) is 0.588. The summed E-state index contributed by atoms with van der Waals surface area (Å²) in [6, 6.07) is 8.36. The zero-order valence-corrected chi connectivity index (χ0v) is 12.7. The van der Waals surface area contributed by atoms with Crippen molar-refractivity contribution in [2.45, 2.75) is 38.3 Å². The van der Waals surface area contributed by atoms with Gasteiger partial charge < -0.3 is 10.0 Å². The number of carbonyl (C=O) groups is 1. The van der Waals surface area contributed by atoms with Crippen LogP contribution in [0.3, 0.4) is 0 Å². The van der Waals surface area contributed by atoms with Gasteiger partial charge in [-0.15, -0.1) is 0 Å². The predicted octanol–water partition coefficient (Wildman–Crippen LogP) is 1.42. The summed E-state index contributed by atoms with van der Waals surface area (Å²) < 4.78 is 0. The lowest BCUT2D eigenvalue weighted by Gasteiger charge is -2.38. The highest BCUT2D eigenvalue weighted by Crippen LogP contribution is 2.22. The number of β-amino-alcohol motifs (C(OH)–C–C–N with tert-alkyl or cyclic N) is 1. The van der Waals surface area contributed by atoms with E-state index in [4.69, 9.17) is 0 Å². The molecule has 1 fully saturated rings. The smallest absolute Gasteiger partial charge is 0.237 e. The fourth-order valence-corrected chi connectivity index (χ4v) is 3.46. The summed E-state index contributed by atoms with van der Waals surface area (Å²) in [4.78, 5) is 16.5. The summed E-state index contributed by atoms with van der Waals surface area (Å²) in [5.74, 6) is 0.183. The van der Waals surface area contributed by atoms with Gasteiger partial charge in [-0.3, -0.25) is 9.69 Å².